The summed E-state index contributed by atoms with van der Waals surface area (Å²) in [6.07, 6.45) is 1.57. The molecule has 2 aromatic carbocycles. The number of rotatable bonds is 4. The normalized spacial score (nSPS) is 10.1. The summed E-state index contributed by atoms with van der Waals surface area (Å²) in [4.78, 5) is 16.5. The molecular weight excluding hydrogens is 288 g/mol. The summed E-state index contributed by atoms with van der Waals surface area (Å²) in [7, 11) is 1.55. The Hall–Kier alpha value is -3.14. The predicted octanol–water partition coefficient (Wildman–Crippen LogP) is 4.01. The maximum Gasteiger partial charge on any atom is 0.255 e. The molecule has 0 unspecified atom stereocenters. The third-order valence-electron chi connectivity index (χ3n) is 3.44. The molecule has 1 heterocycles. The first-order valence-corrected chi connectivity index (χ1v) is 7.23. The van der Waals surface area contributed by atoms with Crippen molar-refractivity contribution in [3.05, 3.63) is 78.5 Å². The molecule has 0 saturated heterocycles. The topological polar surface area (TPSA) is 51.2 Å². The van der Waals surface area contributed by atoms with Gasteiger partial charge in [0, 0.05) is 11.6 Å². The van der Waals surface area contributed by atoms with Gasteiger partial charge in [0.05, 0.1) is 19.0 Å². The van der Waals surface area contributed by atoms with Gasteiger partial charge in [-0.2, -0.15) is 0 Å². The van der Waals surface area contributed by atoms with Gasteiger partial charge in [0.1, 0.15) is 0 Å². The Morgan fingerprint density at radius 1 is 0.957 bits per heavy atom. The van der Waals surface area contributed by atoms with Crippen molar-refractivity contribution in [2.24, 2.45) is 0 Å². The maximum absolute atomic E-state index is 12.4. The van der Waals surface area contributed by atoms with Crippen molar-refractivity contribution in [2.45, 2.75) is 0 Å². The van der Waals surface area contributed by atoms with E-state index in [0.717, 1.165) is 11.1 Å². The van der Waals surface area contributed by atoms with Crippen LogP contribution in [0.15, 0.2) is 72.9 Å². The van der Waals surface area contributed by atoms with E-state index in [4.69, 9.17) is 4.74 Å². The van der Waals surface area contributed by atoms with Gasteiger partial charge in [0.25, 0.3) is 5.91 Å². The van der Waals surface area contributed by atoms with Gasteiger partial charge in [-0.3, -0.25) is 4.79 Å². The molecular formula is C19H16N2O2. The van der Waals surface area contributed by atoms with Gasteiger partial charge in [-0.1, -0.05) is 42.5 Å². The Bertz CT molecular complexity index is 799. The number of ether oxygens (including phenoxy) is 1. The third-order valence-corrected chi connectivity index (χ3v) is 3.44. The number of hydrogen-bond donors (Lipinski definition) is 1. The van der Waals surface area contributed by atoms with E-state index >= 15 is 0 Å². The number of anilines is 1. The van der Waals surface area contributed by atoms with Crippen LogP contribution >= 0.6 is 0 Å². The summed E-state index contributed by atoms with van der Waals surface area (Å²) in [5, 5.41) is 2.83. The van der Waals surface area contributed by atoms with Crippen LogP contribution in [0.4, 0.5) is 5.69 Å². The molecule has 114 valence electrons. The van der Waals surface area contributed by atoms with Crippen LogP contribution in [0.1, 0.15) is 10.4 Å². The summed E-state index contributed by atoms with van der Waals surface area (Å²) in [5.41, 5.74) is 3.31. The van der Waals surface area contributed by atoms with Gasteiger partial charge in [-0.25, -0.2) is 4.98 Å². The van der Waals surface area contributed by atoms with Gasteiger partial charge in [-0.15, -0.1) is 0 Å². The smallest absolute Gasteiger partial charge is 0.255 e. The molecule has 0 saturated carbocycles. The second-order valence-corrected chi connectivity index (χ2v) is 4.99. The monoisotopic (exact) mass is 304 g/mol. The van der Waals surface area contributed by atoms with Crippen molar-refractivity contribution >= 4 is 11.6 Å². The van der Waals surface area contributed by atoms with Gasteiger partial charge < -0.3 is 10.1 Å². The Balaban J connectivity index is 1.79. The fourth-order valence-corrected chi connectivity index (χ4v) is 2.25. The number of nitrogens with zero attached hydrogens (tertiary/aromatic N) is 1. The zero-order chi connectivity index (χ0) is 16.1. The van der Waals surface area contributed by atoms with Crippen molar-refractivity contribution in [3.8, 4) is 17.0 Å². The molecule has 0 fully saturated rings. The van der Waals surface area contributed by atoms with Crippen molar-refractivity contribution < 1.29 is 9.53 Å². The molecule has 1 N–H and O–H groups in total. The number of methoxy groups -OCH3 is 1. The molecule has 1 amide bonds. The summed E-state index contributed by atoms with van der Waals surface area (Å²) < 4.78 is 5.00. The van der Waals surface area contributed by atoms with Crippen LogP contribution < -0.4 is 10.1 Å². The number of carbonyl (C=O) groups excluding carboxylic acids is 1. The average Bonchev–Trinajstić information content (AvgIpc) is 2.63. The van der Waals surface area contributed by atoms with E-state index in [9.17, 15) is 4.79 Å². The second kappa shape index (κ2) is 6.75. The molecule has 0 atom stereocenters. The van der Waals surface area contributed by atoms with E-state index in [1.807, 2.05) is 48.5 Å². The minimum absolute atomic E-state index is 0.172. The van der Waals surface area contributed by atoms with Crippen LogP contribution in [0.2, 0.25) is 0 Å². The standard InChI is InChI=1S/C19H16N2O2/c1-23-18-11-10-17(13-20-18)21-19(22)16-9-5-8-15(12-16)14-6-3-2-4-7-14/h2-13H,1H3,(H,21,22). The lowest BCUT2D eigenvalue weighted by molar-refractivity contribution is 0.102. The fourth-order valence-electron chi connectivity index (χ4n) is 2.25. The lowest BCUT2D eigenvalue weighted by atomic mass is 10.0. The van der Waals surface area contributed by atoms with E-state index in [0.29, 0.717) is 17.1 Å². The van der Waals surface area contributed by atoms with Gasteiger partial charge >= 0.3 is 0 Å². The van der Waals surface area contributed by atoms with Crippen molar-refractivity contribution in [3.63, 3.8) is 0 Å². The molecule has 3 rings (SSSR count). The Kier molecular flexibility index (Phi) is 4.34. The van der Waals surface area contributed by atoms with E-state index < -0.39 is 0 Å². The quantitative estimate of drug-likeness (QED) is 0.792. The van der Waals surface area contributed by atoms with Crippen molar-refractivity contribution in [1.29, 1.82) is 0 Å². The summed E-state index contributed by atoms with van der Waals surface area (Å²) in [6, 6.07) is 21.0. The molecule has 0 aliphatic rings. The van der Waals surface area contributed by atoms with E-state index in [-0.39, 0.29) is 5.91 Å². The van der Waals surface area contributed by atoms with Gasteiger partial charge in [0.15, 0.2) is 0 Å². The molecule has 0 spiro atoms. The molecule has 1 aromatic heterocycles. The second-order valence-electron chi connectivity index (χ2n) is 4.99. The largest absolute Gasteiger partial charge is 0.481 e. The van der Waals surface area contributed by atoms with Crippen molar-refractivity contribution in [2.75, 3.05) is 12.4 Å². The van der Waals surface area contributed by atoms with Crippen LogP contribution in [0.3, 0.4) is 0 Å². The number of carbonyl (C=O) groups is 1. The first-order chi connectivity index (χ1) is 11.3. The highest BCUT2D eigenvalue weighted by Gasteiger charge is 2.08. The number of aromatic nitrogens is 1. The highest BCUT2D eigenvalue weighted by molar-refractivity contribution is 6.04. The van der Waals surface area contributed by atoms with E-state index in [2.05, 4.69) is 10.3 Å². The lowest BCUT2D eigenvalue weighted by Crippen LogP contribution is -2.12. The number of nitrogens with one attached hydrogen (secondary N) is 1. The zero-order valence-corrected chi connectivity index (χ0v) is 12.7. The minimum atomic E-state index is -0.172. The third kappa shape index (κ3) is 3.55. The molecule has 4 heteroatoms. The van der Waals surface area contributed by atoms with Gasteiger partial charge in [0.2, 0.25) is 5.88 Å². The molecule has 4 nitrogen and oxygen atoms in total. The van der Waals surface area contributed by atoms with Crippen LogP contribution in [-0.2, 0) is 0 Å². The molecule has 0 aliphatic heterocycles. The van der Waals surface area contributed by atoms with E-state index in [1.165, 1.54) is 0 Å². The number of hydrogen-bond acceptors (Lipinski definition) is 3. The molecule has 0 aliphatic carbocycles. The average molecular weight is 304 g/mol. The Morgan fingerprint density at radius 3 is 2.43 bits per heavy atom. The number of amides is 1. The first kappa shape index (κ1) is 14.8. The predicted molar refractivity (Wildman–Crippen MR) is 90.6 cm³/mol. The van der Waals surface area contributed by atoms with E-state index in [1.54, 1.807) is 31.5 Å². The number of benzene rings is 2. The van der Waals surface area contributed by atoms with Crippen LogP contribution in [0.5, 0.6) is 5.88 Å². The van der Waals surface area contributed by atoms with Crippen LogP contribution in [0.25, 0.3) is 11.1 Å². The summed E-state index contributed by atoms with van der Waals surface area (Å²) in [6.45, 7) is 0. The maximum atomic E-state index is 12.4. The van der Waals surface area contributed by atoms with Crippen LogP contribution in [-0.4, -0.2) is 18.0 Å². The molecule has 0 bridgehead atoms. The summed E-state index contributed by atoms with van der Waals surface area (Å²) in [5.74, 6) is 0.337. The SMILES string of the molecule is COc1ccc(NC(=O)c2cccc(-c3ccccc3)c2)cn1. The Morgan fingerprint density at radius 2 is 1.74 bits per heavy atom. The number of pyridine rings is 1. The van der Waals surface area contributed by atoms with Crippen LogP contribution in [0, 0.1) is 0 Å². The Labute approximate surface area is 134 Å². The molecule has 0 radical (unpaired) electrons. The summed E-state index contributed by atoms with van der Waals surface area (Å²) >= 11 is 0. The first-order valence-electron chi connectivity index (χ1n) is 7.23. The molecule has 23 heavy (non-hydrogen) atoms. The van der Waals surface area contributed by atoms with Gasteiger partial charge in [-0.05, 0) is 29.3 Å². The molecule has 3 aromatic rings. The lowest BCUT2D eigenvalue weighted by Gasteiger charge is -2.07. The van der Waals surface area contributed by atoms with Crippen molar-refractivity contribution in [1.82, 2.24) is 4.98 Å². The fraction of sp³-hybridized carbons (Fsp3) is 0.0526. The highest BCUT2D eigenvalue weighted by atomic mass is 16.5. The zero-order valence-electron chi connectivity index (χ0n) is 12.7. The highest BCUT2D eigenvalue weighted by Crippen LogP contribution is 2.20. The minimum Gasteiger partial charge on any atom is -0.481 e.